The van der Waals surface area contributed by atoms with Gasteiger partial charge in [-0.3, -0.25) is 4.98 Å². The van der Waals surface area contributed by atoms with Gasteiger partial charge in [0.25, 0.3) is 0 Å². The van der Waals surface area contributed by atoms with Crippen molar-refractivity contribution in [3.05, 3.63) is 30.1 Å². The highest BCUT2D eigenvalue weighted by Gasteiger charge is 2.18. The van der Waals surface area contributed by atoms with Crippen molar-refractivity contribution in [1.29, 1.82) is 0 Å². The lowest BCUT2D eigenvalue weighted by molar-refractivity contribution is 0.394. The molecule has 0 saturated heterocycles. The standard InChI is InChI=1S/C15H24N2S/c1-13-5-4-7-15(11-13)18-10-9-16-12-14-6-2-3-8-17-14/h2-3,6,8,13,15-16H,4-5,7,9-12H2,1H3. The van der Waals surface area contributed by atoms with Gasteiger partial charge in [0.05, 0.1) is 5.69 Å². The van der Waals surface area contributed by atoms with Crippen molar-refractivity contribution in [3.63, 3.8) is 0 Å². The van der Waals surface area contributed by atoms with Gasteiger partial charge in [-0.05, 0) is 30.9 Å². The number of aromatic nitrogens is 1. The molecule has 2 unspecified atom stereocenters. The third kappa shape index (κ3) is 4.99. The Hall–Kier alpha value is -0.540. The van der Waals surface area contributed by atoms with E-state index in [1.165, 1.54) is 31.4 Å². The van der Waals surface area contributed by atoms with Crippen molar-refractivity contribution in [1.82, 2.24) is 10.3 Å². The van der Waals surface area contributed by atoms with Crippen LogP contribution < -0.4 is 5.32 Å². The van der Waals surface area contributed by atoms with Crippen LogP contribution in [0, 0.1) is 5.92 Å². The zero-order valence-electron chi connectivity index (χ0n) is 11.3. The van der Waals surface area contributed by atoms with Gasteiger partial charge in [-0.25, -0.2) is 0 Å². The second kappa shape index (κ2) is 7.80. The number of nitrogens with one attached hydrogen (secondary N) is 1. The number of hydrogen-bond donors (Lipinski definition) is 1. The Morgan fingerprint density at radius 2 is 2.33 bits per heavy atom. The maximum Gasteiger partial charge on any atom is 0.0541 e. The second-order valence-corrected chi connectivity index (χ2v) is 6.67. The Morgan fingerprint density at radius 1 is 1.39 bits per heavy atom. The lowest BCUT2D eigenvalue weighted by Crippen LogP contribution is -2.20. The third-order valence-corrected chi connectivity index (χ3v) is 4.89. The first-order chi connectivity index (χ1) is 8.84. The summed E-state index contributed by atoms with van der Waals surface area (Å²) in [6.45, 7) is 4.38. The summed E-state index contributed by atoms with van der Waals surface area (Å²) in [7, 11) is 0. The topological polar surface area (TPSA) is 24.9 Å². The fourth-order valence-corrected chi connectivity index (χ4v) is 3.94. The van der Waals surface area contributed by atoms with Crippen LogP contribution in [-0.4, -0.2) is 22.5 Å². The highest BCUT2D eigenvalue weighted by atomic mass is 32.2. The van der Waals surface area contributed by atoms with Gasteiger partial charge in [-0.15, -0.1) is 0 Å². The Morgan fingerprint density at radius 3 is 3.11 bits per heavy atom. The second-order valence-electron chi connectivity index (χ2n) is 5.26. The summed E-state index contributed by atoms with van der Waals surface area (Å²) in [4.78, 5) is 4.31. The van der Waals surface area contributed by atoms with E-state index in [1.54, 1.807) is 0 Å². The maximum absolute atomic E-state index is 4.31. The molecule has 100 valence electrons. The molecular formula is C15H24N2S. The van der Waals surface area contributed by atoms with E-state index in [0.717, 1.165) is 30.0 Å². The largest absolute Gasteiger partial charge is 0.310 e. The zero-order chi connectivity index (χ0) is 12.6. The molecule has 0 spiro atoms. The molecule has 1 fully saturated rings. The average molecular weight is 264 g/mol. The molecule has 0 amide bonds. The van der Waals surface area contributed by atoms with E-state index in [2.05, 4.69) is 35.1 Å². The summed E-state index contributed by atoms with van der Waals surface area (Å²) < 4.78 is 0. The molecule has 1 heterocycles. The van der Waals surface area contributed by atoms with Crippen LogP contribution in [0.4, 0.5) is 0 Å². The van der Waals surface area contributed by atoms with Gasteiger partial charge in [-0.2, -0.15) is 11.8 Å². The van der Waals surface area contributed by atoms with Crippen molar-refractivity contribution < 1.29 is 0 Å². The van der Waals surface area contributed by atoms with Gasteiger partial charge in [0.1, 0.15) is 0 Å². The zero-order valence-corrected chi connectivity index (χ0v) is 12.1. The summed E-state index contributed by atoms with van der Waals surface area (Å²) in [5.41, 5.74) is 1.13. The van der Waals surface area contributed by atoms with Crippen LogP contribution in [0.15, 0.2) is 24.4 Å². The quantitative estimate of drug-likeness (QED) is 0.796. The predicted octanol–water partition coefficient (Wildman–Crippen LogP) is 3.48. The first-order valence-electron chi connectivity index (χ1n) is 7.07. The molecule has 1 aliphatic rings. The van der Waals surface area contributed by atoms with E-state index < -0.39 is 0 Å². The Labute approximate surface area is 115 Å². The third-order valence-electron chi connectivity index (χ3n) is 3.55. The fourth-order valence-electron chi connectivity index (χ4n) is 2.55. The van der Waals surface area contributed by atoms with E-state index in [1.807, 2.05) is 18.3 Å². The molecule has 18 heavy (non-hydrogen) atoms. The van der Waals surface area contributed by atoms with Gasteiger partial charge in [-0.1, -0.05) is 25.8 Å². The van der Waals surface area contributed by atoms with Crippen molar-refractivity contribution >= 4 is 11.8 Å². The summed E-state index contributed by atoms with van der Waals surface area (Å²) in [5, 5.41) is 4.38. The molecule has 0 bridgehead atoms. The molecule has 0 aliphatic heterocycles. The molecule has 0 aromatic carbocycles. The summed E-state index contributed by atoms with van der Waals surface area (Å²) >= 11 is 2.15. The minimum absolute atomic E-state index is 0.891. The number of thioether (sulfide) groups is 1. The molecule has 1 aromatic rings. The molecule has 1 aromatic heterocycles. The maximum atomic E-state index is 4.31. The van der Waals surface area contributed by atoms with E-state index in [4.69, 9.17) is 0 Å². The van der Waals surface area contributed by atoms with Crippen molar-refractivity contribution in [3.8, 4) is 0 Å². The molecule has 3 heteroatoms. The smallest absolute Gasteiger partial charge is 0.0541 e. The van der Waals surface area contributed by atoms with Gasteiger partial charge >= 0.3 is 0 Å². The SMILES string of the molecule is CC1CCCC(SCCNCc2ccccn2)C1. The Kier molecular flexibility index (Phi) is 6.01. The van der Waals surface area contributed by atoms with Crippen molar-refractivity contribution in [2.45, 2.75) is 44.4 Å². The Balaban J connectivity index is 1.53. The highest BCUT2D eigenvalue weighted by Crippen LogP contribution is 2.31. The summed E-state index contributed by atoms with van der Waals surface area (Å²) in [6.07, 6.45) is 7.57. The predicted molar refractivity (Wildman–Crippen MR) is 79.8 cm³/mol. The van der Waals surface area contributed by atoms with Crippen LogP contribution in [-0.2, 0) is 6.54 Å². The first-order valence-corrected chi connectivity index (χ1v) is 8.11. The van der Waals surface area contributed by atoms with Crippen molar-refractivity contribution in [2.75, 3.05) is 12.3 Å². The van der Waals surface area contributed by atoms with E-state index in [-0.39, 0.29) is 0 Å². The van der Waals surface area contributed by atoms with Crippen LogP contribution in [0.2, 0.25) is 0 Å². The molecule has 2 rings (SSSR count). The first kappa shape index (κ1) is 13.9. The molecule has 1 saturated carbocycles. The minimum Gasteiger partial charge on any atom is -0.310 e. The van der Waals surface area contributed by atoms with Crippen LogP contribution in [0.25, 0.3) is 0 Å². The van der Waals surface area contributed by atoms with Crippen LogP contribution >= 0.6 is 11.8 Å². The molecule has 1 aliphatic carbocycles. The monoisotopic (exact) mass is 264 g/mol. The highest BCUT2D eigenvalue weighted by molar-refractivity contribution is 7.99. The molecule has 1 N–H and O–H groups in total. The number of nitrogens with zero attached hydrogens (tertiary/aromatic N) is 1. The van der Waals surface area contributed by atoms with E-state index in [0.29, 0.717) is 0 Å². The van der Waals surface area contributed by atoms with Gasteiger partial charge < -0.3 is 5.32 Å². The molecule has 2 nitrogen and oxygen atoms in total. The van der Waals surface area contributed by atoms with E-state index >= 15 is 0 Å². The minimum atomic E-state index is 0.891. The van der Waals surface area contributed by atoms with Crippen molar-refractivity contribution in [2.24, 2.45) is 5.92 Å². The van der Waals surface area contributed by atoms with Gasteiger partial charge in [0.15, 0.2) is 0 Å². The van der Waals surface area contributed by atoms with Gasteiger partial charge in [0.2, 0.25) is 0 Å². The van der Waals surface area contributed by atoms with Gasteiger partial charge in [0, 0.05) is 30.3 Å². The van der Waals surface area contributed by atoms with Crippen LogP contribution in [0.3, 0.4) is 0 Å². The fraction of sp³-hybridized carbons (Fsp3) is 0.667. The summed E-state index contributed by atoms with van der Waals surface area (Å²) in [5.74, 6) is 2.17. The number of rotatable bonds is 6. The van der Waals surface area contributed by atoms with Crippen LogP contribution in [0.5, 0.6) is 0 Å². The lowest BCUT2D eigenvalue weighted by atomic mass is 9.91. The normalized spacial score (nSPS) is 24.1. The Bertz CT molecular complexity index is 329. The number of hydrogen-bond acceptors (Lipinski definition) is 3. The molecule has 2 atom stereocenters. The lowest BCUT2D eigenvalue weighted by Gasteiger charge is -2.26. The molecular weight excluding hydrogens is 240 g/mol. The van der Waals surface area contributed by atoms with E-state index in [9.17, 15) is 0 Å². The summed E-state index contributed by atoms with van der Waals surface area (Å²) in [6, 6.07) is 6.08. The average Bonchev–Trinajstić information content (AvgIpc) is 2.40. The molecule has 0 radical (unpaired) electrons. The number of pyridine rings is 1. The van der Waals surface area contributed by atoms with Crippen LogP contribution in [0.1, 0.15) is 38.3 Å².